The van der Waals surface area contributed by atoms with Crippen LogP contribution in [0.2, 0.25) is 0 Å². The Morgan fingerprint density at radius 1 is 1.39 bits per heavy atom. The van der Waals surface area contributed by atoms with Gasteiger partial charge in [0, 0.05) is 18.0 Å². The van der Waals surface area contributed by atoms with Crippen molar-refractivity contribution in [2.45, 2.75) is 64.5 Å². The molecule has 0 radical (unpaired) electrons. The molecule has 1 amide bonds. The van der Waals surface area contributed by atoms with E-state index in [0.717, 1.165) is 19.3 Å². The minimum atomic E-state index is -0.902. The molecule has 0 aromatic carbocycles. The second-order valence-corrected chi connectivity index (χ2v) is 6.48. The third-order valence-corrected chi connectivity index (χ3v) is 3.62. The smallest absolute Gasteiger partial charge is 0.305 e. The summed E-state index contributed by atoms with van der Waals surface area (Å²) in [5, 5.41) is 11.7. The van der Waals surface area contributed by atoms with Gasteiger partial charge in [-0.3, -0.25) is 9.59 Å². The van der Waals surface area contributed by atoms with Crippen LogP contribution in [0, 0.1) is 5.41 Å². The topological polar surface area (TPSA) is 92.4 Å². The third kappa shape index (κ3) is 4.29. The van der Waals surface area contributed by atoms with Crippen LogP contribution in [0.25, 0.3) is 0 Å². The highest BCUT2D eigenvalue weighted by atomic mass is 16.4. The second kappa shape index (κ2) is 5.26. The first-order valence-corrected chi connectivity index (χ1v) is 6.42. The molecule has 1 fully saturated rings. The molecule has 1 atom stereocenters. The van der Waals surface area contributed by atoms with Crippen molar-refractivity contribution in [3.8, 4) is 0 Å². The molecule has 0 heterocycles. The molecule has 4 N–H and O–H groups in total. The van der Waals surface area contributed by atoms with E-state index >= 15 is 0 Å². The first-order chi connectivity index (χ1) is 8.12. The zero-order valence-electron chi connectivity index (χ0n) is 11.5. The van der Waals surface area contributed by atoms with Gasteiger partial charge >= 0.3 is 5.97 Å². The van der Waals surface area contributed by atoms with Crippen molar-refractivity contribution in [1.82, 2.24) is 5.32 Å². The second-order valence-electron chi connectivity index (χ2n) is 6.48. The van der Waals surface area contributed by atoms with Crippen LogP contribution in [0.4, 0.5) is 0 Å². The summed E-state index contributed by atoms with van der Waals surface area (Å²) in [4.78, 5) is 22.7. The summed E-state index contributed by atoms with van der Waals surface area (Å²) in [5.74, 6) is -1.04. The predicted octanol–water partition coefficient (Wildman–Crippen LogP) is 1.26. The number of aliphatic carboxylic acids is 1. The largest absolute Gasteiger partial charge is 0.481 e. The first-order valence-electron chi connectivity index (χ1n) is 6.42. The third-order valence-electron chi connectivity index (χ3n) is 3.62. The monoisotopic (exact) mass is 256 g/mol. The Bertz CT molecular complexity index is 330. The van der Waals surface area contributed by atoms with Crippen LogP contribution >= 0.6 is 0 Å². The number of rotatable bonds is 5. The molecule has 0 saturated heterocycles. The van der Waals surface area contributed by atoms with Gasteiger partial charge in [-0.05, 0) is 24.7 Å². The van der Waals surface area contributed by atoms with Crippen LogP contribution < -0.4 is 11.1 Å². The van der Waals surface area contributed by atoms with Gasteiger partial charge in [-0.1, -0.05) is 20.8 Å². The van der Waals surface area contributed by atoms with Gasteiger partial charge in [0.05, 0.1) is 6.42 Å². The lowest BCUT2D eigenvalue weighted by Crippen LogP contribution is -2.52. The molecule has 1 saturated carbocycles. The molecule has 1 unspecified atom stereocenters. The van der Waals surface area contributed by atoms with Crippen LogP contribution in [0.5, 0.6) is 0 Å². The molecule has 104 valence electrons. The number of carbonyl (C=O) groups excluding carboxylic acids is 1. The predicted molar refractivity (Wildman–Crippen MR) is 69.0 cm³/mol. The van der Waals surface area contributed by atoms with Crippen molar-refractivity contribution in [3.05, 3.63) is 0 Å². The Kier molecular flexibility index (Phi) is 4.37. The molecule has 1 rings (SSSR count). The first kappa shape index (κ1) is 15.0. The van der Waals surface area contributed by atoms with Crippen molar-refractivity contribution in [2.75, 3.05) is 0 Å². The summed E-state index contributed by atoms with van der Waals surface area (Å²) < 4.78 is 0. The van der Waals surface area contributed by atoms with Gasteiger partial charge in [0.25, 0.3) is 0 Å². The highest BCUT2D eigenvalue weighted by molar-refractivity contribution is 5.78. The standard InChI is InChI=1S/C13H24N2O3/c1-12(2,3)9(7-11(17)18)15-10(16)8-13(14)5-4-6-13/h9H,4-8,14H2,1-3H3,(H,15,16)(H,17,18). The van der Waals surface area contributed by atoms with Gasteiger partial charge in [-0.25, -0.2) is 0 Å². The minimum Gasteiger partial charge on any atom is -0.481 e. The molecule has 0 spiro atoms. The average Bonchev–Trinajstić information content (AvgIpc) is 2.11. The Morgan fingerprint density at radius 2 is 1.94 bits per heavy atom. The van der Waals surface area contributed by atoms with Crippen LogP contribution in [-0.4, -0.2) is 28.6 Å². The normalized spacial score (nSPS) is 19.8. The number of carboxylic acids is 1. The molecule has 1 aliphatic rings. The molecule has 5 nitrogen and oxygen atoms in total. The van der Waals surface area contributed by atoms with E-state index in [1.807, 2.05) is 20.8 Å². The Labute approximate surface area is 108 Å². The van der Waals surface area contributed by atoms with Crippen LogP contribution in [0.15, 0.2) is 0 Å². The van der Waals surface area contributed by atoms with Crippen LogP contribution in [-0.2, 0) is 9.59 Å². The van der Waals surface area contributed by atoms with Crippen molar-refractivity contribution < 1.29 is 14.7 Å². The molecule has 5 heteroatoms. The number of hydrogen-bond donors (Lipinski definition) is 3. The fraction of sp³-hybridized carbons (Fsp3) is 0.846. The maximum Gasteiger partial charge on any atom is 0.305 e. The van der Waals surface area contributed by atoms with Crippen LogP contribution in [0.3, 0.4) is 0 Å². The number of carboxylic acid groups (broad SMARTS) is 1. The van der Waals surface area contributed by atoms with E-state index in [-0.39, 0.29) is 29.3 Å². The van der Waals surface area contributed by atoms with Gasteiger partial charge in [0.2, 0.25) is 5.91 Å². The Balaban J connectivity index is 2.54. The van der Waals surface area contributed by atoms with E-state index in [0.29, 0.717) is 6.42 Å². The van der Waals surface area contributed by atoms with Crippen molar-refractivity contribution in [3.63, 3.8) is 0 Å². The zero-order valence-corrected chi connectivity index (χ0v) is 11.5. The lowest BCUT2D eigenvalue weighted by atomic mass is 9.75. The fourth-order valence-corrected chi connectivity index (χ4v) is 2.12. The molecule has 0 aliphatic heterocycles. The number of hydrogen-bond acceptors (Lipinski definition) is 3. The van der Waals surface area contributed by atoms with Gasteiger partial charge in [0.15, 0.2) is 0 Å². The summed E-state index contributed by atoms with van der Waals surface area (Å²) in [6, 6.07) is -0.369. The molecule has 0 aromatic rings. The summed E-state index contributed by atoms with van der Waals surface area (Å²) in [6.07, 6.45) is 3.05. The number of nitrogens with two attached hydrogens (primary N) is 1. The molecule has 18 heavy (non-hydrogen) atoms. The molecule has 1 aliphatic carbocycles. The van der Waals surface area contributed by atoms with Crippen molar-refractivity contribution >= 4 is 11.9 Å². The van der Waals surface area contributed by atoms with Crippen molar-refractivity contribution in [2.24, 2.45) is 11.1 Å². The summed E-state index contributed by atoms with van der Waals surface area (Å²) in [7, 11) is 0. The summed E-state index contributed by atoms with van der Waals surface area (Å²) in [6.45, 7) is 5.76. The number of amides is 1. The van der Waals surface area contributed by atoms with Crippen LogP contribution in [0.1, 0.15) is 52.9 Å². The zero-order chi connectivity index (χ0) is 14.0. The van der Waals surface area contributed by atoms with Gasteiger partial charge in [0.1, 0.15) is 0 Å². The van der Waals surface area contributed by atoms with Gasteiger partial charge in [-0.15, -0.1) is 0 Å². The average molecular weight is 256 g/mol. The summed E-state index contributed by atoms with van der Waals surface area (Å²) >= 11 is 0. The fourth-order valence-electron chi connectivity index (χ4n) is 2.12. The van der Waals surface area contributed by atoms with E-state index in [1.165, 1.54) is 0 Å². The van der Waals surface area contributed by atoms with Gasteiger partial charge in [-0.2, -0.15) is 0 Å². The Hall–Kier alpha value is -1.10. The lowest BCUT2D eigenvalue weighted by molar-refractivity contribution is -0.138. The van der Waals surface area contributed by atoms with E-state index in [2.05, 4.69) is 5.32 Å². The van der Waals surface area contributed by atoms with E-state index < -0.39 is 5.97 Å². The molecule has 0 bridgehead atoms. The quantitative estimate of drug-likeness (QED) is 0.690. The highest BCUT2D eigenvalue weighted by Gasteiger charge is 2.36. The molecular formula is C13H24N2O3. The van der Waals surface area contributed by atoms with E-state index in [1.54, 1.807) is 0 Å². The maximum atomic E-state index is 11.9. The van der Waals surface area contributed by atoms with E-state index in [4.69, 9.17) is 10.8 Å². The highest BCUT2D eigenvalue weighted by Crippen LogP contribution is 2.32. The molecular weight excluding hydrogens is 232 g/mol. The van der Waals surface area contributed by atoms with E-state index in [9.17, 15) is 9.59 Å². The SMILES string of the molecule is CC(C)(C)C(CC(=O)O)NC(=O)CC1(N)CCC1. The number of nitrogens with one attached hydrogen (secondary N) is 1. The number of carbonyl (C=O) groups is 2. The van der Waals surface area contributed by atoms with Crippen molar-refractivity contribution in [1.29, 1.82) is 0 Å². The Morgan fingerprint density at radius 3 is 2.28 bits per heavy atom. The summed E-state index contributed by atoms with van der Waals surface area (Å²) in [5.41, 5.74) is 5.36. The minimum absolute atomic E-state index is 0.0627. The molecule has 0 aromatic heterocycles. The lowest BCUT2D eigenvalue weighted by Gasteiger charge is -2.38. The maximum absolute atomic E-state index is 11.9. The van der Waals surface area contributed by atoms with Gasteiger partial charge < -0.3 is 16.2 Å².